The highest BCUT2D eigenvalue weighted by Crippen LogP contribution is 2.38. The van der Waals surface area contributed by atoms with Crippen LogP contribution in [0.1, 0.15) is 17.3 Å². The number of Topliss-reactive ketones (excluding diaryl/α,β-unsaturated/α-hetero) is 1. The summed E-state index contributed by atoms with van der Waals surface area (Å²) in [6.45, 7) is 1.19. The Morgan fingerprint density at radius 1 is 1.00 bits per heavy atom. The Labute approximate surface area is 104 Å². The summed E-state index contributed by atoms with van der Waals surface area (Å²) in [7, 11) is 0. The Morgan fingerprint density at radius 2 is 1.47 bits per heavy atom. The Morgan fingerprint density at radius 3 is 1.84 bits per heavy atom. The number of halogens is 5. The monoisotopic (exact) mass is 281 g/mol. The van der Waals surface area contributed by atoms with Gasteiger partial charge < -0.3 is 5.32 Å². The number of amides is 1. The third-order valence-electron chi connectivity index (χ3n) is 2.11. The highest BCUT2D eigenvalue weighted by molar-refractivity contribution is 6.02. The molecular weight excluding hydrogens is 273 g/mol. The maximum absolute atomic E-state index is 12.8. The number of ketones is 1. The standard InChI is InChI=1S/C11H8F5NO2/c1-6(18)17-8-4-2-7(3-5-8)9(19)10(12,13)11(14,15)16/h2-5H,1H3,(H,17,18). The number of benzene rings is 1. The predicted molar refractivity (Wildman–Crippen MR) is 56.1 cm³/mol. The fourth-order valence-electron chi connectivity index (χ4n) is 1.22. The zero-order chi connectivity index (χ0) is 14.8. The smallest absolute Gasteiger partial charge is 0.326 e. The summed E-state index contributed by atoms with van der Waals surface area (Å²) in [6, 6.07) is 3.68. The fraction of sp³-hybridized carbons (Fsp3) is 0.273. The molecule has 0 bridgehead atoms. The third-order valence-corrected chi connectivity index (χ3v) is 2.11. The summed E-state index contributed by atoms with van der Waals surface area (Å²) in [6.07, 6.45) is -5.94. The first-order valence-electron chi connectivity index (χ1n) is 4.92. The second-order valence-corrected chi connectivity index (χ2v) is 3.66. The summed E-state index contributed by atoms with van der Waals surface area (Å²) in [5.74, 6) is -8.23. The van der Waals surface area contributed by atoms with E-state index in [4.69, 9.17) is 0 Å². The molecule has 0 aliphatic carbocycles. The third kappa shape index (κ3) is 3.27. The predicted octanol–water partition coefficient (Wildman–Crippen LogP) is 3.03. The molecule has 0 aliphatic heterocycles. The molecule has 0 fully saturated rings. The zero-order valence-electron chi connectivity index (χ0n) is 9.52. The molecule has 0 aliphatic rings. The lowest BCUT2D eigenvalue weighted by atomic mass is 10.0. The first-order valence-corrected chi connectivity index (χ1v) is 4.92. The van der Waals surface area contributed by atoms with Crippen molar-refractivity contribution >= 4 is 17.4 Å². The van der Waals surface area contributed by atoms with Crippen molar-refractivity contribution in [1.82, 2.24) is 0 Å². The minimum atomic E-state index is -5.94. The van der Waals surface area contributed by atoms with Crippen LogP contribution in [0.5, 0.6) is 0 Å². The van der Waals surface area contributed by atoms with Crippen molar-refractivity contribution in [3.8, 4) is 0 Å². The van der Waals surface area contributed by atoms with Gasteiger partial charge in [0.25, 0.3) is 0 Å². The van der Waals surface area contributed by atoms with E-state index in [0.29, 0.717) is 0 Å². The van der Waals surface area contributed by atoms with E-state index < -0.39 is 29.4 Å². The van der Waals surface area contributed by atoms with E-state index in [1.54, 1.807) is 0 Å². The van der Waals surface area contributed by atoms with Crippen molar-refractivity contribution in [3.05, 3.63) is 29.8 Å². The Hall–Kier alpha value is -1.99. The molecule has 0 aromatic heterocycles. The number of rotatable bonds is 3. The van der Waals surface area contributed by atoms with Gasteiger partial charge in [0.1, 0.15) is 0 Å². The topological polar surface area (TPSA) is 46.2 Å². The van der Waals surface area contributed by atoms with Crippen LogP contribution in [-0.2, 0) is 4.79 Å². The van der Waals surface area contributed by atoms with Crippen LogP contribution in [0.2, 0.25) is 0 Å². The van der Waals surface area contributed by atoms with Crippen LogP contribution >= 0.6 is 0 Å². The average molecular weight is 281 g/mol. The van der Waals surface area contributed by atoms with Crippen molar-refractivity contribution in [1.29, 1.82) is 0 Å². The second-order valence-electron chi connectivity index (χ2n) is 3.66. The molecule has 0 unspecified atom stereocenters. The van der Waals surface area contributed by atoms with Gasteiger partial charge >= 0.3 is 12.1 Å². The number of nitrogens with one attached hydrogen (secondary N) is 1. The number of hydrogen-bond acceptors (Lipinski definition) is 2. The Bertz CT molecular complexity index is 493. The van der Waals surface area contributed by atoms with Crippen molar-refractivity contribution in [2.75, 3.05) is 5.32 Å². The molecule has 1 aromatic carbocycles. The van der Waals surface area contributed by atoms with E-state index in [1.165, 1.54) is 6.92 Å². The van der Waals surface area contributed by atoms with E-state index >= 15 is 0 Å². The van der Waals surface area contributed by atoms with Crippen molar-refractivity contribution in [2.45, 2.75) is 19.0 Å². The van der Waals surface area contributed by atoms with Crippen LogP contribution < -0.4 is 5.32 Å². The molecule has 3 nitrogen and oxygen atoms in total. The second kappa shape index (κ2) is 4.94. The number of alkyl halides is 5. The lowest BCUT2D eigenvalue weighted by Gasteiger charge is -2.18. The molecule has 1 aromatic rings. The summed E-state index contributed by atoms with van der Waals surface area (Å²) < 4.78 is 61.5. The first kappa shape index (κ1) is 15.1. The van der Waals surface area contributed by atoms with Crippen LogP contribution in [0, 0.1) is 0 Å². The van der Waals surface area contributed by atoms with Crippen molar-refractivity contribution in [3.63, 3.8) is 0 Å². The van der Waals surface area contributed by atoms with Gasteiger partial charge in [-0.25, -0.2) is 0 Å². The SMILES string of the molecule is CC(=O)Nc1ccc(C(=O)C(F)(F)C(F)(F)F)cc1. The molecule has 1 amide bonds. The van der Waals surface area contributed by atoms with Gasteiger partial charge in [-0.1, -0.05) is 0 Å². The summed E-state index contributed by atoms with van der Waals surface area (Å²) in [4.78, 5) is 21.8. The molecule has 104 valence electrons. The van der Waals surface area contributed by atoms with Gasteiger partial charge in [-0.05, 0) is 24.3 Å². The number of carbonyl (C=O) groups is 2. The Kier molecular flexibility index (Phi) is 3.92. The van der Waals surface area contributed by atoms with Gasteiger partial charge in [-0.3, -0.25) is 9.59 Å². The van der Waals surface area contributed by atoms with Gasteiger partial charge in [0.2, 0.25) is 11.7 Å². The van der Waals surface area contributed by atoms with Crippen LogP contribution in [-0.4, -0.2) is 23.8 Å². The molecule has 19 heavy (non-hydrogen) atoms. The van der Waals surface area contributed by atoms with Crippen LogP contribution in [0.4, 0.5) is 27.6 Å². The van der Waals surface area contributed by atoms with Crippen LogP contribution in [0.3, 0.4) is 0 Å². The van der Waals surface area contributed by atoms with Gasteiger partial charge in [-0.2, -0.15) is 22.0 Å². The highest BCUT2D eigenvalue weighted by atomic mass is 19.4. The van der Waals surface area contributed by atoms with E-state index in [2.05, 4.69) is 5.32 Å². The molecule has 0 saturated heterocycles. The zero-order valence-corrected chi connectivity index (χ0v) is 9.52. The lowest BCUT2D eigenvalue weighted by molar-refractivity contribution is -0.255. The molecule has 0 heterocycles. The van der Waals surface area contributed by atoms with E-state index in [1.807, 2.05) is 0 Å². The molecule has 8 heteroatoms. The maximum Gasteiger partial charge on any atom is 0.461 e. The quantitative estimate of drug-likeness (QED) is 0.683. The van der Waals surface area contributed by atoms with E-state index in [0.717, 1.165) is 24.3 Å². The first-order chi connectivity index (χ1) is 8.55. The molecular formula is C11H8F5NO2. The van der Waals surface area contributed by atoms with Gasteiger partial charge in [0.05, 0.1) is 0 Å². The van der Waals surface area contributed by atoms with Gasteiger partial charge in [-0.15, -0.1) is 0 Å². The van der Waals surface area contributed by atoms with E-state index in [-0.39, 0.29) is 5.69 Å². The van der Waals surface area contributed by atoms with Gasteiger partial charge in [0.15, 0.2) is 0 Å². The van der Waals surface area contributed by atoms with Crippen LogP contribution in [0.25, 0.3) is 0 Å². The minimum Gasteiger partial charge on any atom is -0.326 e. The summed E-state index contributed by atoms with van der Waals surface area (Å²) in [5, 5.41) is 2.28. The number of anilines is 1. The fourth-order valence-corrected chi connectivity index (χ4v) is 1.22. The van der Waals surface area contributed by atoms with Crippen molar-refractivity contribution in [2.24, 2.45) is 0 Å². The largest absolute Gasteiger partial charge is 0.461 e. The number of hydrogen-bond donors (Lipinski definition) is 1. The minimum absolute atomic E-state index is 0.180. The normalized spacial score (nSPS) is 12.1. The van der Waals surface area contributed by atoms with E-state index in [9.17, 15) is 31.5 Å². The summed E-state index contributed by atoms with van der Waals surface area (Å²) in [5.41, 5.74) is -0.615. The molecule has 1 rings (SSSR count). The van der Waals surface area contributed by atoms with Crippen LogP contribution in [0.15, 0.2) is 24.3 Å². The maximum atomic E-state index is 12.8. The molecule has 1 N–H and O–H groups in total. The Balaban J connectivity index is 2.99. The lowest BCUT2D eigenvalue weighted by Crippen LogP contribution is -2.44. The molecule has 0 atom stereocenters. The van der Waals surface area contributed by atoms with Crippen molar-refractivity contribution < 1.29 is 31.5 Å². The molecule has 0 saturated carbocycles. The number of carbonyl (C=O) groups excluding carboxylic acids is 2. The highest BCUT2D eigenvalue weighted by Gasteiger charge is 2.63. The average Bonchev–Trinajstić information content (AvgIpc) is 2.26. The molecule has 0 radical (unpaired) electrons. The van der Waals surface area contributed by atoms with Gasteiger partial charge in [0, 0.05) is 18.2 Å². The molecule has 0 spiro atoms. The summed E-state index contributed by atoms with van der Waals surface area (Å²) >= 11 is 0.